The highest BCUT2D eigenvalue weighted by Gasteiger charge is 2.37. The van der Waals surface area contributed by atoms with E-state index >= 15 is 0 Å². The molecule has 6 heteroatoms. The van der Waals surface area contributed by atoms with E-state index < -0.39 is 12.3 Å². The van der Waals surface area contributed by atoms with Gasteiger partial charge in [0.2, 0.25) is 0 Å². The van der Waals surface area contributed by atoms with Crippen molar-refractivity contribution in [2.45, 2.75) is 39.0 Å². The molecule has 1 aromatic rings. The van der Waals surface area contributed by atoms with Crippen LogP contribution in [0.3, 0.4) is 0 Å². The second-order valence-electron chi connectivity index (χ2n) is 5.97. The molecule has 1 aliphatic rings. The number of rotatable bonds is 7. The van der Waals surface area contributed by atoms with E-state index in [2.05, 4.69) is 5.32 Å². The summed E-state index contributed by atoms with van der Waals surface area (Å²) in [6.07, 6.45) is -0.354. The summed E-state index contributed by atoms with van der Waals surface area (Å²) in [7, 11) is 0. The molecule has 0 aliphatic heterocycles. The van der Waals surface area contributed by atoms with Crippen LogP contribution in [0.4, 0.5) is 9.18 Å². The van der Waals surface area contributed by atoms with Crippen LogP contribution in [0.2, 0.25) is 0 Å². The van der Waals surface area contributed by atoms with E-state index in [1.54, 1.807) is 6.92 Å². The number of carbonyl (C=O) groups is 2. The largest absolute Gasteiger partial charge is 0.466 e. The molecule has 24 heavy (non-hydrogen) atoms. The van der Waals surface area contributed by atoms with Crippen molar-refractivity contribution in [3.05, 3.63) is 35.9 Å². The van der Waals surface area contributed by atoms with Gasteiger partial charge in [-0.2, -0.15) is 0 Å². The number of carbonyl (C=O) groups excluding carboxylic acids is 2. The molecule has 1 N–H and O–H groups in total. The van der Waals surface area contributed by atoms with E-state index in [9.17, 15) is 14.0 Å². The highest BCUT2D eigenvalue weighted by Crippen LogP contribution is 2.36. The van der Waals surface area contributed by atoms with Crippen molar-refractivity contribution in [1.29, 1.82) is 0 Å². The summed E-state index contributed by atoms with van der Waals surface area (Å²) >= 11 is 0. The lowest BCUT2D eigenvalue weighted by molar-refractivity contribution is -0.144. The molecule has 0 heterocycles. The van der Waals surface area contributed by atoms with E-state index in [0.29, 0.717) is 19.4 Å². The lowest BCUT2D eigenvalue weighted by atomic mass is 9.92. The Morgan fingerprint density at radius 3 is 2.67 bits per heavy atom. The Morgan fingerprint density at radius 1 is 1.21 bits per heavy atom. The highest BCUT2D eigenvalue weighted by atomic mass is 19.1. The summed E-state index contributed by atoms with van der Waals surface area (Å²) in [5.41, 5.74) is 0.886. The average molecular weight is 337 g/mol. The summed E-state index contributed by atoms with van der Waals surface area (Å²) in [6.45, 7) is 2.40. The van der Waals surface area contributed by atoms with Gasteiger partial charge in [-0.05, 0) is 31.2 Å². The number of ether oxygens (including phenoxy) is 2. The summed E-state index contributed by atoms with van der Waals surface area (Å²) in [5.74, 6) is -0.791. The lowest BCUT2D eigenvalue weighted by Gasteiger charge is -2.20. The zero-order chi connectivity index (χ0) is 17.4. The molecule has 2 rings (SSSR count). The van der Waals surface area contributed by atoms with Crippen LogP contribution in [0.15, 0.2) is 30.3 Å². The monoisotopic (exact) mass is 337 g/mol. The first-order chi connectivity index (χ1) is 11.6. The van der Waals surface area contributed by atoms with Gasteiger partial charge in [0.25, 0.3) is 0 Å². The van der Waals surface area contributed by atoms with Crippen molar-refractivity contribution in [2.75, 3.05) is 13.2 Å². The quantitative estimate of drug-likeness (QED) is 0.776. The molecule has 1 aromatic carbocycles. The molecule has 0 bridgehead atoms. The van der Waals surface area contributed by atoms with Gasteiger partial charge < -0.3 is 14.8 Å². The maximum Gasteiger partial charge on any atom is 0.407 e. The van der Waals surface area contributed by atoms with Crippen LogP contribution < -0.4 is 5.32 Å². The smallest absolute Gasteiger partial charge is 0.407 e. The third-order valence-corrected chi connectivity index (χ3v) is 4.31. The number of esters is 1. The van der Waals surface area contributed by atoms with Crippen LogP contribution in [0.1, 0.15) is 31.7 Å². The van der Waals surface area contributed by atoms with Gasteiger partial charge >= 0.3 is 12.1 Å². The van der Waals surface area contributed by atoms with Crippen molar-refractivity contribution in [3.8, 4) is 0 Å². The third kappa shape index (κ3) is 5.51. The zero-order valence-corrected chi connectivity index (χ0v) is 13.9. The Balaban J connectivity index is 1.76. The summed E-state index contributed by atoms with van der Waals surface area (Å²) in [4.78, 5) is 23.4. The Labute approximate surface area is 141 Å². The molecule has 0 unspecified atom stereocenters. The molecule has 1 aliphatic carbocycles. The van der Waals surface area contributed by atoms with Crippen LogP contribution in [-0.4, -0.2) is 31.4 Å². The Bertz CT molecular complexity index is 537. The summed E-state index contributed by atoms with van der Waals surface area (Å²) in [6, 6.07) is 9.33. The first-order valence-electron chi connectivity index (χ1n) is 8.34. The number of alkyl carbamates (subject to hydrolysis) is 1. The number of nitrogens with one attached hydrogen (secondary N) is 1. The maximum atomic E-state index is 14.0. The predicted molar refractivity (Wildman–Crippen MR) is 87.0 cm³/mol. The number of hydrogen-bond acceptors (Lipinski definition) is 4. The molecule has 1 fully saturated rings. The molecule has 0 aromatic heterocycles. The second kappa shape index (κ2) is 9.25. The standard InChI is InChI=1S/C18H24FNO4/c1-2-23-17(21)10-14-8-9-16(19)15(14)11-20-18(22)24-12-13-6-4-3-5-7-13/h3-7,14-16H,2,8-12H2,1H3,(H,20,22)/t14-,15+,16+/m1/s1. The average Bonchev–Trinajstić information content (AvgIpc) is 2.92. The highest BCUT2D eigenvalue weighted by molar-refractivity contribution is 5.70. The van der Waals surface area contributed by atoms with Crippen molar-refractivity contribution < 1.29 is 23.5 Å². The minimum atomic E-state index is -1.01. The SMILES string of the molecule is CCOC(=O)C[C@H]1CC[C@H](F)[C@H]1CNC(=O)OCc1ccccc1. The van der Waals surface area contributed by atoms with Crippen LogP contribution in [0, 0.1) is 11.8 Å². The van der Waals surface area contributed by atoms with Crippen molar-refractivity contribution >= 4 is 12.1 Å². The molecule has 3 atom stereocenters. The number of amides is 1. The topological polar surface area (TPSA) is 64.6 Å². The molecule has 132 valence electrons. The predicted octanol–water partition coefficient (Wildman–Crippen LogP) is 3.23. The van der Waals surface area contributed by atoms with Crippen molar-refractivity contribution in [2.24, 2.45) is 11.8 Å². The van der Waals surface area contributed by atoms with Crippen molar-refractivity contribution in [1.82, 2.24) is 5.32 Å². The molecule has 1 saturated carbocycles. The van der Waals surface area contributed by atoms with Gasteiger partial charge in [0.05, 0.1) is 6.61 Å². The first-order valence-corrected chi connectivity index (χ1v) is 8.34. The molecule has 1 amide bonds. The summed E-state index contributed by atoms with van der Waals surface area (Å²) < 4.78 is 24.1. The van der Waals surface area contributed by atoms with E-state index in [4.69, 9.17) is 9.47 Å². The van der Waals surface area contributed by atoms with Gasteiger partial charge in [0.1, 0.15) is 12.8 Å². The molecule has 0 saturated heterocycles. The van der Waals surface area contributed by atoms with Gasteiger partial charge in [-0.15, -0.1) is 0 Å². The first kappa shape index (κ1) is 18.2. The van der Waals surface area contributed by atoms with Gasteiger partial charge in [0.15, 0.2) is 0 Å². The molecule has 0 radical (unpaired) electrons. The van der Waals surface area contributed by atoms with Crippen LogP contribution >= 0.6 is 0 Å². The fraction of sp³-hybridized carbons (Fsp3) is 0.556. The van der Waals surface area contributed by atoms with E-state index in [1.807, 2.05) is 30.3 Å². The lowest BCUT2D eigenvalue weighted by Crippen LogP contribution is -2.35. The van der Waals surface area contributed by atoms with Gasteiger partial charge in [-0.25, -0.2) is 9.18 Å². The minimum absolute atomic E-state index is 0.103. The van der Waals surface area contributed by atoms with E-state index in [1.165, 1.54) is 0 Å². The number of alkyl halides is 1. The molecular formula is C18H24FNO4. The fourth-order valence-electron chi connectivity index (χ4n) is 3.05. The van der Waals surface area contributed by atoms with Crippen LogP contribution in [0.25, 0.3) is 0 Å². The number of halogens is 1. The molecular weight excluding hydrogens is 313 g/mol. The van der Waals surface area contributed by atoms with E-state index in [0.717, 1.165) is 5.56 Å². The maximum absolute atomic E-state index is 14.0. The Morgan fingerprint density at radius 2 is 1.96 bits per heavy atom. The van der Waals surface area contributed by atoms with Gasteiger partial charge in [-0.3, -0.25) is 4.79 Å². The zero-order valence-electron chi connectivity index (χ0n) is 13.9. The third-order valence-electron chi connectivity index (χ3n) is 4.31. The number of benzene rings is 1. The van der Waals surface area contributed by atoms with Gasteiger partial charge in [-0.1, -0.05) is 30.3 Å². The van der Waals surface area contributed by atoms with Gasteiger partial charge in [0, 0.05) is 18.9 Å². The van der Waals surface area contributed by atoms with Crippen molar-refractivity contribution in [3.63, 3.8) is 0 Å². The van der Waals surface area contributed by atoms with E-state index in [-0.39, 0.29) is 37.4 Å². The minimum Gasteiger partial charge on any atom is -0.466 e. The second-order valence-corrected chi connectivity index (χ2v) is 5.97. The Hall–Kier alpha value is -2.11. The molecule has 0 spiro atoms. The summed E-state index contributed by atoms with van der Waals surface area (Å²) in [5, 5.41) is 2.61. The number of hydrogen-bond donors (Lipinski definition) is 1. The molecule has 5 nitrogen and oxygen atoms in total. The fourth-order valence-corrected chi connectivity index (χ4v) is 3.05. The van der Waals surface area contributed by atoms with Crippen LogP contribution in [-0.2, 0) is 20.9 Å². The van der Waals surface area contributed by atoms with Crippen LogP contribution in [0.5, 0.6) is 0 Å². The normalized spacial score (nSPS) is 22.8. The Kier molecular flexibility index (Phi) is 7.03.